The van der Waals surface area contributed by atoms with Crippen LogP contribution in [0.1, 0.15) is 45.4 Å². The summed E-state index contributed by atoms with van der Waals surface area (Å²) in [6, 6.07) is 8.24. The van der Waals surface area contributed by atoms with Gasteiger partial charge in [0, 0.05) is 24.8 Å². The van der Waals surface area contributed by atoms with Crippen molar-refractivity contribution < 1.29 is 4.52 Å². The number of halogens is 1. The maximum Gasteiger partial charge on any atom is 0.257 e. The highest BCUT2D eigenvalue weighted by molar-refractivity contribution is 5.85. The summed E-state index contributed by atoms with van der Waals surface area (Å²) in [4.78, 5) is 6.79. The molecule has 1 saturated carbocycles. The quantitative estimate of drug-likeness (QED) is 0.883. The summed E-state index contributed by atoms with van der Waals surface area (Å²) in [5, 5.41) is 4.12. The van der Waals surface area contributed by atoms with Gasteiger partial charge in [0.2, 0.25) is 0 Å². The second-order valence-electron chi connectivity index (χ2n) is 7.11. The molecule has 1 fully saturated rings. The van der Waals surface area contributed by atoms with E-state index in [9.17, 15) is 0 Å². The van der Waals surface area contributed by atoms with Crippen LogP contribution in [0.3, 0.4) is 0 Å². The van der Waals surface area contributed by atoms with Crippen LogP contribution in [0.25, 0.3) is 11.5 Å². The molecule has 0 aliphatic heterocycles. The highest BCUT2D eigenvalue weighted by Gasteiger charge is 2.36. The van der Waals surface area contributed by atoms with E-state index in [2.05, 4.69) is 48.1 Å². The Hall–Kier alpha value is -1.59. The molecule has 0 saturated heterocycles. The van der Waals surface area contributed by atoms with E-state index in [4.69, 9.17) is 10.3 Å². The van der Waals surface area contributed by atoms with Crippen molar-refractivity contribution >= 4 is 18.1 Å². The van der Waals surface area contributed by atoms with Crippen molar-refractivity contribution in [3.05, 3.63) is 30.1 Å². The number of aromatic nitrogens is 2. The lowest BCUT2D eigenvalue weighted by Gasteiger charge is -2.21. The van der Waals surface area contributed by atoms with Gasteiger partial charge in [0.1, 0.15) is 0 Å². The molecule has 1 aromatic heterocycles. The van der Waals surface area contributed by atoms with Crippen molar-refractivity contribution in [1.29, 1.82) is 0 Å². The second kappa shape index (κ2) is 7.53. The molecule has 0 bridgehead atoms. The van der Waals surface area contributed by atoms with Gasteiger partial charge in [-0.25, -0.2) is 0 Å². The summed E-state index contributed by atoms with van der Waals surface area (Å²) in [5.74, 6) is 1.83. The first-order chi connectivity index (χ1) is 11.0. The average molecular weight is 351 g/mol. The third-order valence-electron chi connectivity index (χ3n) is 4.56. The molecule has 1 aliphatic carbocycles. The number of nitrogens with zero attached hydrogens (tertiary/aromatic N) is 3. The normalized spacial score (nSPS) is 16.2. The van der Waals surface area contributed by atoms with E-state index in [1.807, 2.05) is 12.1 Å². The topological polar surface area (TPSA) is 68.2 Å². The van der Waals surface area contributed by atoms with Crippen LogP contribution in [0.5, 0.6) is 0 Å². The Morgan fingerprint density at radius 3 is 2.42 bits per heavy atom. The lowest BCUT2D eigenvalue weighted by molar-refractivity contribution is 0.372. The summed E-state index contributed by atoms with van der Waals surface area (Å²) in [6.45, 7) is 5.47. The van der Waals surface area contributed by atoms with Crippen LogP contribution < -0.4 is 10.6 Å². The fourth-order valence-electron chi connectivity index (χ4n) is 3.28. The Bertz CT molecular complexity index is 647. The predicted molar refractivity (Wildman–Crippen MR) is 99.4 cm³/mol. The smallest absolute Gasteiger partial charge is 0.257 e. The summed E-state index contributed by atoms with van der Waals surface area (Å²) in [7, 11) is 2.11. The Balaban J connectivity index is 0.00000208. The minimum absolute atomic E-state index is 0. The highest BCUT2D eigenvalue weighted by atomic mass is 35.5. The van der Waals surface area contributed by atoms with Gasteiger partial charge in [-0.15, -0.1) is 12.4 Å². The third kappa shape index (κ3) is 3.90. The SMILES string of the molecule is CC(C)CN(C)c1ccc(-c2nc(C3(N)CCCC3)no2)cc1.Cl. The highest BCUT2D eigenvalue weighted by Crippen LogP contribution is 2.35. The van der Waals surface area contributed by atoms with E-state index in [1.165, 1.54) is 5.69 Å². The largest absolute Gasteiger partial charge is 0.374 e. The maximum absolute atomic E-state index is 6.39. The lowest BCUT2D eigenvalue weighted by atomic mass is 9.99. The zero-order chi connectivity index (χ0) is 16.4. The van der Waals surface area contributed by atoms with Gasteiger partial charge in [-0.05, 0) is 43.0 Å². The summed E-state index contributed by atoms with van der Waals surface area (Å²) in [5.41, 5.74) is 8.11. The number of hydrogen-bond donors (Lipinski definition) is 1. The van der Waals surface area contributed by atoms with Crippen molar-refractivity contribution in [3.63, 3.8) is 0 Å². The minimum Gasteiger partial charge on any atom is -0.374 e. The summed E-state index contributed by atoms with van der Waals surface area (Å²) < 4.78 is 5.44. The Morgan fingerprint density at radius 2 is 1.83 bits per heavy atom. The Kier molecular flexibility index (Phi) is 5.88. The van der Waals surface area contributed by atoms with Gasteiger partial charge in [0.15, 0.2) is 5.82 Å². The number of anilines is 1. The number of nitrogens with two attached hydrogens (primary N) is 1. The Labute approximate surface area is 150 Å². The van der Waals surface area contributed by atoms with E-state index in [-0.39, 0.29) is 12.4 Å². The standard InChI is InChI=1S/C18H26N4O.ClH/c1-13(2)12-22(3)15-8-6-14(7-9-15)16-20-17(21-23-16)18(19)10-4-5-11-18;/h6-9,13H,4-5,10-12,19H2,1-3H3;1H. The minimum atomic E-state index is -0.404. The van der Waals surface area contributed by atoms with Gasteiger partial charge in [-0.2, -0.15) is 4.98 Å². The van der Waals surface area contributed by atoms with Gasteiger partial charge >= 0.3 is 0 Å². The van der Waals surface area contributed by atoms with Crippen molar-refractivity contribution in [2.24, 2.45) is 11.7 Å². The van der Waals surface area contributed by atoms with Gasteiger partial charge in [-0.3, -0.25) is 0 Å². The molecule has 0 atom stereocenters. The Morgan fingerprint density at radius 1 is 1.21 bits per heavy atom. The zero-order valence-corrected chi connectivity index (χ0v) is 15.5. The van der Waals surface area contributed by atoms with Gasteiger partial charge in [0.25, 0.3) is 5.89 Å². The fraction of sp³-hybridized carbons (Fsp3) is 0.556. The zero-order valence-electron chi connectivity index (χ0n) is 14.7. The van der Waals surface area contributed by atoms with E-state index in [0.717, 1.165) is 37.8 Å². The van der Waals surface area contributed by atoms with Crippen LogP contribution >= 0.6 is 12.4 Å². The molecular formula is C18H27ClN4O. The molecule has 5 nitrogen and oxygen atoms in total. The molecule has 0 amide bonds. The first-order valence-corrected chi connectivity index (χ1v) is 8.42. The van der Waals surface area contributed by atoms with Gasteiger partial charge in [-0.1, -0.05) is 31.8 Å². The van der Waals surface area contributed by atoms with E-state index in [0.29, 0.717) is 17.6 Å². The van der Waals surface area contributed by atoms with Gasteiger partial charge < -0.3 is 15.2 Å². The molecule has 0 unspecified atom stereocenters. The van der Waals surface area contributed by atoms with E-state index >= 15 is 0 Å². The molecule has 2 aromatic rings. The number of benzene rings is 1. The van der Waals surface area contributed by atoms with Crippen LogP contribution in [0.2, 0.25) is 0 Å². The first-order valence-electron chi connectivity index (χ1n) is 8.42. The molecule has 6 heteroatoms. The van der Waals surface area contributed by atoms with E-state index in [1.54, 1.807) is 0 Å². The average Bonchev–Trinajstić information content (AvgIpc) is 3.16. The van der Waals surface area contributed by atoms with Gasteiger partial charge in [0.05, 0.1) is 5.54 Å². The van der Waals surface area contributed by atoms with Crippen molar-refractivity contribution in [1.82, 2.24) is 10.1 Å². The van der Waals surface area contributed by atoms with E-state index < -0.39 is 5.54 Å². The number of hydrogen-bond acceptors (Lipinski definition) is 5. The first kappa shape index (κ1) is 18.7. The summed E-state index contributed by atoms with van der Waals surface area (Å²) in [6.07, 6.45) is 4.14. The van der Waals surface area contributed by atoms with Crippen LogP contribution in [-0.2, 0) is 5.54 Å². The van der Waals surface area contributed by atoms with Crippen molar-refractivity contribution in [3.8, 4) is 11.5 Å². The van der Waals surface area contributed by atoms with Crippen LogP contribution in [0.15, 0.2) is 28.8 Å². The molecule has 1 aliphatic rings. The fourth-order valence-corrected chi connectivity index (χ4v) is 3.28. The van der Waals surface area contributed by atoms with Crippen LogP contribution in [0.4, 0.5) is 5.69 Å². The molecule has 1 heterocycles. The second-order valence-corrected chi connectivity index (χ2v) is 7.11. The predicted octanol–water partition coefficient (Wildman–Crippen LogP) is 3.98. The van der Waals surface area contributed by atoms with Crippen LogP contribution in [-0.4, -0.2) is 23.7 Å². The molecule has 24 heavy (non-hydrogen) atoms. The lowest BCUT2D eigenvalue weighted by Crippen LogP contribution is -2.34. The summed E-state index contributed by atoms with van der Waals surface area (Å²) >= 11 is 0. The molecule has 0 spiro atoms. The molecule has 132 valence electrons. The molecular weight excluding hydrogens is 324 g/mol. The monoisotopic (exact) mass is 350 g/mol. The maximum atomic E-state index is 6.39. The molecule has 0 radical (unpaired) electrons. The molecule has 1 aromatic carbocycles. The van der Waals surface area contributed by atoms with Crippen LogP contribution in [0, 0.1) is 5.92 Å². The number of rotatable bonds is 5. The molecule has 2 N–H and O–H groups in total. The van der Waals surface area contributed by atoms with Crippen molar-refractivity contribution in [2.75, 3.05) is 18.5 Å². The molecule has 3 rings (SSSR count). The third-order valence-corrected chi connectivity index (χ3v) is 4.56. The van der Waals surface area contributed by atoms with Crippen molar-refractivity contribution in [2.45, 2.75) is 45.1 Å².